The molecule has 0 saturated carbocycles. The molecule has 0 bridgehead atoms. The van der Waals surface area contributed by atoms with E-state index in [0.717, 1.165) is 0 Å². The molecule has 8 heteroatoms. The summed E-state index contributed by atoms with van der Waals surface area (Å²) in [4.78, 5) is 32.9. The van der Waals surface area contributed by atoms with Crippen molar-refractivity contribution >= 4 is 18.1 Å². The smallest absolute Gasteiger partial charge is 0.449 e. The van der Waals surface area contributed by atoms with E-state index < -0.39 is 12.1 Å². The first-order valence-corrected chi connectivity index (χ1v) is 5.05. The van der Waals surface area contributed by atoms with Gasteiger partial charge >= 0.3 is 12.1 Å². The van der Waals surface area contributed by atoms with Gasteiger partial charge in [0, 0.05) is 29.7 Å². The van der Waals surface area contributed by atoms with Gasteiger partial charge in [-0.2, -0.15) is 0 Å². The Morgan fingerprint density at radius 1 is 1.05 bits per heavy atom. The second-order valence-electron chi connectivity index (χ2n) is 3.42. The fourth-order valence-corrected chi connectivity index (χ4v) is 1.30. The van der Waals surface area contributed by atoms with Crippen molar-refractivity contribution in [2.45, 2.75) is 0 Å². The van der Waals surface area contributed by atoms with Crippen LogP contribution in [-0.4, -0.2) is 32.2 Å². The van der Waals surface area contributed by atoms with Crippen LogP contribution in [0.3, 0.4) is 0 Å². The molecule has 96 valence electrons. The number of nitrogens with two attached hydrogens (primary N) is 1. The molecule has 0 fully saturated rings. The number of anilines is 1. The van der Waals surface area contributed by atoms with E-state index in [2.05, 4.69) is 19.7 Å². The number of pyridine rings is 1. The van der Waals surface area contributed by atoms with Gasteiger partial charge in [0.25, 0.3) is 0 Å². The number of nitrogen functional groups attached to an aromatic ring is 1. The molecule has 8 nitrogen and oxygen atoms in total. The summed E-state index contributed by atoms with van der Waals surface area (Å²) in [6.07, 6.45) is 2.72. The van der Waals surface area contributed by atoms with Crippen molar-refractivity contribution in [3.05, 3.63) is 36.4 Å². The van der Waals surface area contributed by atoms with Gasteiger partial charge in [0.2, 0.25) is 5.95 Å². The summed E-state index contributed by atoms with van der Waals surface area (Å²) in [5, 5.41) is 8.30. The fraction of sp³-hybridized carbons (Fsp3) is 0. The Bertz CT molecular complexity index is 610. The van der Waals surface area contributed by atoms with E-state index in [1.165, 1.54) is 24.7 Å². The zero-order valence-corrected chi connectivity index (χ0v) is 9.48. The minimum absolute atomic E-state index is 0.109. The van der Waals surface area contributed by atoms with Gasteiger partial charge < -0.3 is 15.6 Å². The van der Waals surface area contributed by atoms with Crippen LogP contribution in [0, 0.1) is 0 Å². The van der Waals surface area contributed by atoms with Gasteiger partial charge in [-0.25, -0.2) is 24.5 Å². The lowest BCUT2D eigenvalue weighted by molar-refractivity contribution is 0.0503. The summed E-state index contributed by atoms with van der Waals surface area (Å²) < 4.78 is 3.97. The number of hydrogen-bond donors (Lipinski definition) is 2. The molecule has 0 aliphatic heterocycles. The molecule has 0 aliphatic carbocycles. The van der Waals surface area contributed by atoms with Crippen LogP contribution in [0.1, 0.15) is 10.5 Å². The average molecular weight is 260 g/mol. The van der Waals surface area contributed by atoms with Crippen molar-refractivity contribution in [2.24, 2.45) is 0 Å². The highest BCUT2D eigenvalue weighted by molar-refractivity contribution is 5.93. The van der Waals surface area contributed by atoms with Crippen LogP contribution in [0.15, 0.2) is 30.7 Å². The van der Waals surface area contributed by atoms with Crippen molar-refractivity contribution in [3.63, 3.8) is 0 Å². The third-order valence-corrected chi connectivity index (χ3v) is 2.16. The average Bonchev–Trinajstić information content (AvgIpc) is 2.39. The van der Waals surface area contributed by atoms with Gasteiger partial charge in [-0.1, -0.05) is 6.07 Å². The van der Waals surface area contributed by atoms with Crippen LogP contribution in [0.5, 0.6) is 0 Å². The number of carboxylic acid groups (broad SMARTS) is 1. The summed E-state index contributed by atoms with van der Waals surface area (Å²) in [6.45, 7) is 0. The van der Waals surface area contributed by atoms with E-state index >= 15 is 0 Å². The van der Waals surface area contributed by atoms with E-state index in [-0.39, 0.29) is 11.6 Å². The Balaban J connectivity index is 2.21. The maximum absolute atomic E-state index is 11.2. The third kappa shape index (κ3) is 3.00. The lowest BCUT2D eigenvalue weighted by Gasteiger charge is -2.02. The standard InChI is InChI=1S/C11H8N4O4/c12-10-14-4-7(5-15-10)6-1-2-8(13-3-6)9(16)19-11(17)18/h1-5H,(H,17,18)(H2,12,14,15). The maximum Gasteiger partial charge on any atom is 0.513 e. The quantitative estimate of drug-likeness (QED) is 0.603. The fourth-order valence-electron chi connectivity index (χ4n) is 1.30. The number of hydrogen-bond acceptors (Lipinski definition) is 7. The predicted octanol–water partition coefficient (Wildman–Crippen LogP) is 0.956. The summed E-state index contributed by atoms with van der Waals surface area (Å²) in [5.41, 5.74) is 6.58. The van der Waals surface area contributed by atoms with Crippen molar-refractivity contribution in [1.29, 1.82) is 0 Å². The number of ether oxygens (including phenoxy) is 1. The first-order valence-electron chi connectivity index (χ1n) is 5.05. The number of esters is 1. The second kappa shape index (κ2) is 5.08. The van der Waals surface area contributed by atoms with Crippen LogP contribution >= 0.6 is 0 Å². The zero-order valence-electron chi connectivity index (χ0n) is 9.48. The number of aromatic nitrogens is 3. The molecule has 2 aromatic rings. The first-order chi connectivity index (χ1) is 9.06. The Labute approximate surface area is 106 Å². The monoisotopic (exact) mass is 260 g/mol. The first kappa shape index (κ1) is 12.4. The van der Waals surface area contributed by atoms with Crippen LogP contribution in [0.4, 0.5) is 10.7 Å². The van der Waals surface area contributed by atoms with Crippen LogP contribution in [-0.2, 0) is 4.74 Å². The van der Waals surface area contributed by atoms with Crippen molar-refractivity contribution < 1.29 is 19.4 Å². The SMILES string of the molecule is Nc1ncc(-c2ccc(C(=O)OC(=O)O)nc2)cn1. The van der Waals surface area contributed by atoms with Crippen molar-refractivity contribution in [1.82, 2.24) is 15.0 Å². The molecule has 0 unspecified atom stereocenters. The molecule has 2 heterocycles. The molecule has 19 heavy (non-hydrogen) atoms. The van der Waals surface area contributed by atoms with E-state index in [4.69, 9.17) is 10.8 Å². The maximum atomic E-state index is 11.2. The molecule has 2 aromatic heterocycles. The lowest BCUT2D eigenvalue weighted by Crippen LogP contribution is -2.11. The normalized spacial score (nSPS) is 9.89. The molecule has 0 saturated heterocycles. The highest BCUT2D eigenvalue weighted by Gasteiger charge is 2.13. The molecule has 0 amide bonds. The molecule has 0 spiro atoms. The minimum atomic E-state index is -1.68. The van der Waals surface area contributed by atoms with Gasteiger partial charge in [0.15, 0.2) is 0 Å². The molecule has 2 rings (SSSR count). The number of carbonyl (C=O) groups excluding carboxylic acids is 1. The van der Waals surface area contributed by atoms with E-state index in [1.807, 2.05) is 0 Å². The van der Waals surface area contributed by atoms with Crippen molar-refractivity contribution in [3.8, 4) is 11.1 Å². The van der Waals surface area contributed by atoms with E-state index in [1.54, 1.807) is 6.07 Å². The predicted molar refractivity (Wildman–Crippen MR) is 63.1 cm³/mol. The summed E-state index contributed by atoms with van der Waals surface area (Å²) in [6, 6.07) is 2.91. The topological polar surface area (TPSA) is 128 Å². The third-order valence-electron chi connectivity index (χ3n) is 2.16. The molecule has 0 radical (unpaired) electrons. The number of carbonyl (C=O) groups is 2. The van der Waals surface area contributed by atoms with Crippen LogP contribution < -0.4 is 5.73 Å². The largest absolute Gasteiger partial charge is 0.513 e. The van der Waals surface area contributed by atoms with Gasteiger partial charge in [-0.3, -0.25) is 0 Å². The Hall–Kier alpha value is -3.03. The Kier molecular flexibility index (Phi) is 3.33. The number of rotatable bonds is 2. The summed E-state index contributed by atoms with van der Waals surface area (Å²) in [5.74, 6) is -0.883. The lowest BCUT2D eigenvalue weighted by atomic mass is 10.1. The van der Waals surface area contributed by atoms with Gasteiger partial charge in [-0.15, -0.1) is 0 Å². The molecular formula is C11H8N4O4. The summed E-state index contributed by atoms with van der Waals surface area (Å²) in [7, 11) is 0. The zero-order chi connectivity index (χ0) is 13.8. The molecule has 3 N–H and O–H groups in total. The number of nitrogens with zero attached hydrogens (tertiary/aromatic N) is 3. The van der Waals surface area contributed by atoms with E-state index in [9.17, 15) is 9.59 Å². The molecule has 0 aromatic carbocycles. The minimum Gasteiger partial charge on any atom is -0.449 e. The Morgan fingerprint density at radius 3 is 2.21 bits per heavy atom. The summed E-state index contributed by atoms with van der Waals surface area (Å²) >= 11 is 0. The van der Waals surface area contributed by atoms with Crippen LogP contribution in [0.2, 0.25) is 0 Å². The van der Waals surface area contributed by atoms with Gasteiger partial charge in [-0.05, 0) is 6.07 Å². The van der Waals surface area contributed by atoms with Gasteiger partial charge in [0.05, 0.1) is 0 Å². The molecule has 0 aliphatic rings. The molecular weight excluding hydrogens is 252 g/mol. The highest BCUT2D eigenvalue weighted by atomic mass is 16.7. The second-order valence-corrected chi connectivity index (χ2v) is 3.42. The van der Waals surface area contributed by atoms with E-state index in [0.29, 0.717) is 11.1 Å². The van der Waals surface area contributed by atoms with Gasteiger partial charge in [0.1, 0.15) is 5.69 Å². The Morgan fingerprint density at radius 2 is 1.68 bits per heavy atom. The molecule has 0 atom stereocenters. The highest BCUT2D eigenvalue weighted by Crippen LogP contribution is 2.16. The van der Waals surface area contributed by atoms with Crippen LogP contribution in [0.25, 0.3) is 11.1 Å². The van der Waals surface area contributed by atoms with Crippen molar-refractivity contribution in [2.75, 3.05) is 5.73 Å².